The third-order valence-corrected chi connectivity index (χ3v) is 3.82. The van der Waals surface area contributed by atoms with E-state index in [1.54, 1.807) is 6.08 Å². The number of carbonyl (C=O) groups is 1. The minimum Gasteiger partial charge on any atom is -0.478 e. The van der Waals surface area contributed by atoms with Crippen molar-refractivity contribution in [2.24, 2.45) is 0 Å². The summed E-state index contributed by atoms with van der Waals surface area (Å²) in [5.74, 6) is -0.914. The highest BCUT2D eigenvalue weighted by Crippen LogP contribution is 2.13. The maximum atomic E-state index is 10.5. The minimum absolute atomic E-state index is 0.582. The van der Waals surface area contributed by atoms with Crippen molar-refractivity contribution in [3.05, 3.63) is 41.5 Å². The highest BCUT2D eigenvalue weighted by atomic mass is 16.4. The van der Waals surface area contributed by atoms with Crippen molar-refractivity contribution in [2.75, 3.05) is 26.7 Å². The van der Waals surface area contributed by atoms with Crippen molar-refractivity contribution in [3.63, 3.8) is 0 Å². The molecular formula is C16H22N2O2. The first-order valence-corrected chi connectivity index (χ1v) is 6.97. The predicted octanol–water partition coefficient (Wildman–Crippen LogP) is 1.92. The molecule has 0 saturated carbocycles. The molecule has 0 aromatic heterocycles. The second kappa shape index (κ2) is 6.68. The van der Waals surface area contributed by atoms with Gasteiger partial charge in [-0.1, -0.05) is 24.3 Å². The van der Waals surface area contributed by atoms with Gasteiger partial charge in [0.1, 0.15) is 0 Å². The molecule has 0 spiro atoms. The Kier molecular flexibility index (Phi) is 4.93. The molecule has 1 N–H and O–H groups in total. The highest BCUT2D eigenvalue weighted by molar-refractivity contribution is 5.85. The number of piperazine rings is 1. The van der Waals surface area contributed by atoms with Crippen LogP contribution in [0.4, 0.5) is 0 Å². The number of hydrogen-bond acceptors (Lipinski definition) is 3. The molecule has 1 atom stereocenters. The van der Waals surface area contributed by atoms with Gasteiger partial charge in [-0.2, -0.15) is 0 Å². The van der Waals surface area contributed by atoms with E-state index >= 15 is 0 Å². The molecule has 108 valence electrons. The molecule has 0 amide bonds. The zero-order valence-corrected chi connectivity index (χ0v) is 12.1. The maximum absolute atomic E-state index is 10.5. The Labute approximate surface area is 120 Å². The molecule has 2 rings (SSSR count). The average molecular weight is 274 g/mol. The van der Waals surface area contributed by atoms with Gasteiger partial charge in [0.15, 0.2) is 0 Å². The largest absolute Gasteiger partial charge is 0.478 e. The molecule has 0 radical (unpaired) electrons. The number of rotatable bonds is 4. The van der Waals surface area contributed by atoms with Gasteiger partial charge in [-0.25, -0.2) is 4.79 Å². The lowest BCUT2D eigenvalue weighted by atomic mass is 10.1. The summed E-state index contributed by atoms with van der Waals surface area (Å²) in [5.41, 5.74) is 2.17. The van der Waals surface area contributed by atoms with Gasteiger partial charge in [0.25, 0.3) is 0 Å². The molecule has 0 bridgehead atoms. The Morgan fingerprint density at radius 2 is 2.25 bits per heavy atom. The summed E-state index contributed by atoms with van der Waals surface area (Å²) < 4.78 is 0. The van der Waals surface area contributed by atoms with E-state index in [0.29, 0.717) is 6.04 Å². The van der Waals surface area contributed by atoms with Gasteiger partial charge in [0.2, 0.25) is 0 Å². The summed E-state index contributed by atoms with van der Waals surface area (Å²) in [6.45, 7) is 6.42. The summed E-state index contributed by atoms with van der Waals surface area (Å²) in [7, 11) is 2.17. The Morgan fingerprint density at radius 1 is 1.45 bits per heavy atom. The first kappa shape index (κ1) is 14.8. The molecule has 1 unspecified atom stereocenters. The molecule has 1 aliphatic rings. The molecule has 20 heavy (non-hydrogen) atoms. The predicted molar refractivity (Wildman–Crippen MR) is 80.5 cm³/mol. The van der Waals surface area contributed by atoms with Crippen LogP contribution < -0.4 is 0 Å². The van der Waals surface area contributed by atoms with Crippen LogP contribution >= 0.6 is 0 Å². The van der Waals surface area contributed by atoms with Crippen molar-refractivity contribution in [2.45, 2.75) is 19.5 Å². The molecule has 0 aliphatic carbocycles. The van der Waals surface area contributed by atoms with Crippen LogP contribution in [0, 0.1) is 0 Å². The Morgan fingerprint density at radius 3 is 2.95 bits per heavy atom. The van der Waals surface area contributed by atoms with E-state index in [2.05, 4.69) is 35.9 Å². The second-order valence-corrected chi connectivity index (χ2v) is 5.48. The van der Waals surface area contributed by atoms with Crippen LogP contribution in [0.1, 0.15) is 18.1 Å². The lowest BCUT2D eigenvalue weighted by Crippen LogP contribution is -2.49. The van der Waals surface area contributed by atoms with Crippen molar-refractivity contribution < 1.29 is 9.90 Å². The number of carboxylic acids is 1. The van der Waals surface area contributed by atoms with Crippen molar-refractivity contribution >= 4 is 12.0 Å². The highest BCUT2D eigenvalue weighted by Gasteiger charge is 2.20. The number of nitrogens with zero attached hydrogens (tertiary/aromatic N) is 2. The summed E-state index contributed by atoms with van der Waals surface area (Å²) >= 11 is 0. The molecule has 1 heterocycles. The minimum atomic E-state index is -0.914. The first-order chi connectivity index (χ1) is 9.54. The fourth-order valence-electron chi connectivity index (χ4n) is 2.49. The third-order valence-electron chi connectivity index (χ3n) is 3.82. The van der Waals surface area contributed by atoms with Crippen LogP contribution in [-0.2, 0) is 11.3 Å². The number of hydrogen-bond donors (Lipinski definition) is 1. The van der Waals surface area contributed by atoms with Gasteiger partial charge in [-0.3, -0.25) is 4.90 Å². The summed E-state index contributed by atoms with van der Waals surface area (Å²) in [5, 5.41) is 8.66. The lowest BCUT2D eigenvalue weighted by Gasteiger charge is -2.37. The average Bonchev–Trinajstić information content (AvgIpc) is 2.41. The molecule has 4 heteroatoms. The second-order valence-electron chi connectivity index (χ2n) is 5.48. The van der Waals surface area contributed by atoms with Crippen LogP contribution in [-0.4, -0.2) is 53.6 Å². The van der Waals surface area contributed by atoms with Crippen LogP contribution in [0.5, 0.6) is 0 Å². The molecule has 1 saturated heterocycles. The first-order valence-electron chi connectivity index (χ1n) is 6.97. The van der Waals surface area contributed by atoms with E-state index < -0.39 is 5.97 Å². The standard InChI is InChI=1S/C16H22N2O2/c1-13-11-18(9-8-17(13)2)12-15-5-3-4-14(10-15)6-7-16(19)20/h3-7,10,13H,8-9,11-12H2,1-2H3,(H,19,20). The van der Waals surface area contributed by atoms with Crippen molar-refractivity contribution in [3.8, 4) is 0 Å². The molecular weight excluding hydrogens is 252 g/mol. The summed E-state index contributed by atoms with van der Waals surface area (Å²) in [4.78, 5) is 15.4. The van der Waals surface area contributed by atoms with E-state index in [0.717, 1.165) is 31.7 Å². The molecule has 1 aromatic carbocycles. The normalized spacial score (nSPS) is 21.4. The fraction of sp³-hybridized carbons (Fsp3) is 0.438. The van der Waals surface area contributed by atoms with Crippen LogP contribution in [0.25, 0.3) is 6.08 Å². The third kappa shape index (κ3) is 4.18. The SMILES string of the molecule is CC1CN(Cc2cccc(C=CC(=O)O)c2)CCN1C. The van der Waals surface area contributed by atoms with Crippen LogP contribution in [0.3, 0.4) is 0 Å². The van der Waals surface area contributed by atoms with E-state index in [1.807, 2.05) is 12.1 Å². The maximum Gasteiger partial charge on any atom is 0.328 e. The summed E-state index contributed by atoms with van der Waals surface area (Å²) in [6, 6.07) is 8.65. The van der Waals surface area contributed by atoms with E-state index in [9.17, 15) is 4.79 Å². The van der Waals surface area contributed by atoms with Gasteiger partial charge in [-0.15, -0.1) is 0 Å². The van der Waals surface area contributed by atoms with E-state index in [-0.39, 0.29) is 0 Å². The van der Waals surface area contributed by atoms with Crippen LogP contribution in [0.2, 0.25) is 0 Å². The van der Waals surface area contributed by atoms with Gasteiger partial charge in [-0.05, 0) is 31.2 Å². The topological polar surface area (TPSA) is 43.8 Å². The van der Waals surface area contributed by atoms with Crippen LogP contribution in [0.15, 0.2) is 30.3 Å². The van der Waals surface area contributed by atoms with Crippen molar-refractivity contribution in [1.82, 2.24) is 9.80 Å². The number of aliphatic carboxylic acids is 1. The van der Waals surface area contributed by atoms with E-state index in [4.69, 9.17) is 5.11 Å². The van der Waals surface area contributed by atoms with Gasteiger partial charge < -0.3 is 10.0 Å². The molecule has 1 fully saturated rings. The van der Waals surface area contributed by atoms with Gasteiger partial charge in [0, 0.05) is 38.3 Å². The molecule has 1 aromatic rings. The zero-order chi connectivity index (χ0) is 14.5. The molecule has 1 aliphatic heterocycles. The monoisotopic (exact) mass is 274 g/mol. The number of carboxylic acid groups (broad SMARTS) is 1. The lowest BCUT2D eigenvalue weighted by molar-refractivity contribution is -0.131. The Hall–Kier alpha value is -1.65. The Balaban J connectivity index is 1.99. The molecule has 4 nitrogen and oxygen atoms in total. The number of benzene rings is 1. The van der Waals surface area contributed by atoms with Gasteiger partial charge >= 0.3 is 5.97 Å². The Bertz CT molecular complexity index is 499. The van der Waals surface area contributed by atoms with Crippen molar-refractivity contribution in [1.29, 1.82) is 0 Å². The zero-order valence-electron chi connectivity index (χ0n) is 12.1. The number of likely N-dealkylation sites (N-methyl/N-ethyl adjacent to an activating group) is 1. The quantitative estimate of drug-likeness (QED) is 0.852. The van der Waals surface area contributed by atoms with Gasteiger partial charge in [0.05, 0.1) is 0 Å². The fourth-order valence-corrected chi connectivity index (χ4v) is 2.49. The van der Waals surface area contributed by atoms with E-state index in [1.165, 1.54) is 11.6 Å². The summed E-state index contributed by atoms with van der Waals surface area (Å²) in [6.07, 6.45) is 2.81. The smallest absolute Gasteiger partial charge is 0.328 e.